The average molecular weight is 342 g/mol. The summed E-state index contributed by atoms with van der Waals surface area (Å²) in [6.07, 6.45) is 0. The van der Waals surface area contributed by atoms with Crippen molar-refractivity contribution in [2.45, 2.75) is 26.4 Å². The number of halogens is 2. The Kier molecular flexibility index (Phi) is 5.13. The molecule has 102 valence electrons. The van der Waals surface area contributed by atoms with Crippen LogP contribution in [0.3, 0.4) is 0 Å². The van der Waals surface area contributed by atoms with E-state index in [9.17, 15) is 4.39 Å². The van der Waals surface area contributed by atoms with E-state index in [1.54, 1.807) is 11.3 Å². The SMILES string of the molecule is CC(C)C(NCc1ccc(F)cc1Br)c1cccs1. The van der Waals surface area contributed by atoms with E-state index in [4.69, 9.17) is 0 Å². The molecular formula is C15H17BrFNS. The molecule has 0 amide bonds. The Morgan fingerprint density at radius 1 is 1.32 bits per heavy atom. The maximum Gasteiger partial charge on any atom is 0.124 e. The molecular weight excluding hydrogens is 325 g/mol. The second-order valence-corrected chi connectivity index (χ2v) is 6.69. The van der Waals surface area contributed by atoms with Crippen LogP contribution in [-0.2, 0) is 6.54 Å². The first-order valence-corrected chi connectivity index (χ1v) is 7.96. The fourth-order valence-electron chi connectivity index (χ4n) is 2.02. The molecule has 0 saturated carbocycles. The normalized spacial score (nSPS) is 12.9. The summed E-state index contributed by atoms with van der Waals surface area (Å²) < 4.78 is 13.9. The van der Waals surface area contributed by atoms with Gasteiger partial charge in [0, 0.05) is 21.9 Å². The highest BCUT2D eigenvalue weighted by molar-refractivity contribution is 9.10. The smallest absolute Gasteiger partial charge is 0.124 e. The van der Waals surface area contributed by atoms with Crippen LogP contribution in [0.5, 0.6) is 0 Å². The lowest BCUT2D eigenvalue weighted by Gasteiger charge is -2.21. The second kappa shape index (κ2) is 6.64. The van der Waals surface area contributed by atoms with Crippen LogP contribution in [0, 0.1) is 11.7 Å². The predicted molar refractivity (Wildman–Crippen MR) is 82.8 cm³/mol. The van der Waals surface area contributed by atoms with Gasteiger partial charge >= 0.3 is 0 Å². The maximum absolute atomic E-state index is 13.0. The molecule has 4 heteroatoms. The minimum Gasteiger partial charge on any atom is -0.305 e. The van der Waals surface area contributed by atoms with E-state index in [1.165, 1.54) is 17.0 Å². The number of thiophene rings is 1. The summed E-state index contributed by atoms with van der Waals surface area (Å²) >= 11 is 5.17. The maximum atomic E-state index is 13.0. The van der Waals surface area contributed by atoms with Gasteiger partial charge in [-0.05, 0) is 35.1 Å². The molecule has 0 radical (unpaired) electrons. The third kappa shape index (κ3) is 3.88. The summed E-state index contributed by atoms with van der Waals surface area (Å²) in [5.74, 6) is 0.298. The zero-order valence-electron chi connectivity index (χ0n) is 11.0. The van der Waals surface area contributed by atoms with E-state index in [0.717, 1.165) is 16.6 Å². The number of nitrogens with one attached hydrogen (secondary N) is 1. The van der Waals surface area contributed by atoms with E-state index >= 15 is 0 Å². The summed E-state index contributed by atoms with van der Waals surface area (Å²) in [5.41, 5.74) is 1.07. The Balaban J connectivity index is 2.07. The highest BCUT2D eigenvalue weighted by Gasteiger charge is 2.16. The number of benzene rings is 1. The zero-order chi connectivity index (χ0) is 13.8. The fourth-order valence-corrected chi connectivity index (χ4v) is 3.48. The van der Waals surface area contributed by atoms with Crippen molar-refractivity contribution in [2.75, 3.05) is 0 Å². The van der Waals surface area contributed by atoms with Crippen molar-refractivity contribution in [1.29, 1.82) is 0 Å². The zero-order valence-corrected chi connectivity index (χ0v) is 13.4. The predicted octanol–water partition coefficient (Wildman–Crippen LogP) is 5.14. The van der Waals surface area contributed by atoms with E-state index in [-0.39, 0.29) is 5.82 Å². The molecule has 1 N–H and O–H groups in total. The molecule has 1 aromatic carbocycles. The van der Waals surface area contributed by atoms with Crippen LogP contribution in [0.4, 0.5) is 4.39 Å². The lowest BCUT2D eigenvalue weighted by Crippen LogP contribution is -2.24. The van der Waals surface area contributed by atoms with Gasteiger partial charge in [-0.15, -0.1) is 11.3 Å². The van der Waals surface area contributed by atoms with Crippen LogP contribution in [0.1, 0.15) is 30.3 Å². The lowest BCUT2D eigenvalue weighted by molar-refractivity contribution is 0.416. The summed E-state index contributed by atoms with van der Waals surface area (Å²) in [4.78, 5) is 1.34. The molecule has 0 aliphatic carbocycles. The summed E-state index contributed by atoms with van der Waals surface area (Å²) in [6, 6.07) is 9.38. The minimum atomic E-state index is -0.214. The molecule has 1 nitrogen and oxygen atoms in total. The van der Waals surface area contributed by atoms with Crippen molar-refractivity contribution < 1.29 is 4.39 Å². The minimum absolute atomic E-state index is 0.214. The molecule has 0 aliphatic rings. The van der Waals surface area contributed by atoms with Gasteiger partial charge in [0.2, 0.25) is 0 Å². The van der Waals surface area contributed by atoms with Gasteiger partial charge in [-0.3, -0.25) is 0 Å². The van der Waals surface area contributed by atoms with E-state index < -0.39 is 0 Å². The monoisotopic (exact) mass is 341 g/mol. The highest BCUT2D eigenvalue weighted by Crippen LogP contribution is 2.27. The third-order valence-corrected chi connectivity index (χ3v) is 4.74. The van der Waals surface area contributed by atoms with Crippen molar-refractivity contribution >= 4 is 27.3 Å². The van der Waals surface area contributed by atoms with E-state index in [1.807, 2.05) is 6.07 Å². The van der Waals surface area contributed by atoms with Crippen molar-refractivity contribution in [2.24, 2.45) is 5.92 Å². The van der Waals surface area contributed by atoms with Crippen LogP contribution in [-0.4, -0.2) is 0 Å². The van der Waals surface area contributed by atoms with Gasteiger partial charge in [0.1, 0.15) is 5.82 Å². The molecule has 2 aromatic rings. The van der Waals surface area contributed by atoms with Crippen LogP contribution in [0.25, 0.3) is 0 Å². The first kappa shape index (κ1) is 14.7. The highest BCUT2D eigenvalue weighted by atomic mass is 79.9. The van der Waals surface area contributed by atoms with Crippen molar-refractivity contribution in [1.82, 2.24) is 5.32 Å². The van der Waals surface area contributed by atoms with Crippen LogP contribution in [0.2, 0.25) is 0 Å². The third-order valence-electron chi connectivity index (χ3n) is 3.04. The van der Waals surface area contributed by atoms with Gasteiger partial charge in [0.25, 0.3) is 0 Å². The summed E-state index contributed by atoms with van der Waals surface area (Å²) in [6.45, 7) is 5.13. The van der Waals surface area contributed by atoms with Gasteiger partial charge < -0.3 is 5.32 Å². The lowest BCUT2D eigenvalue weighted by atomic mass is 10.0. The Morgan fingerprint density at radius 3 is 2.68 bits per heavy atom. The van der Waals surface area contributed by atoms with Gasteiger partial charge in [0.05, 0.1) is 0 Å². The molecule has 1 unspecified atom stereocenters. The molecule has 0 aliphatic heterocycles. The molecule has 0 spiro atoms. The van der Waals surface area contributed by atoms with Gasteiger partial charge in [-0.2, -0.15) is 0 Å². The molecule has 0 bridgehead atoms. The van der Waals surface area contributed by atoms with Gasteiger partial charge in [-0.1, -0.05) is 41.9 Å². The number of rotatable bonds is 5. The molecule has 0 fully saturated rings. The topological polar surface area (TPSA) is 12.0 Å². The van der Waals surface area contributed by atoms with Crippen molar-refractivity contribution in [3.63, 3.8) is 0 Å². The Labute approximate surface area is 126 Å². The number of hydrogen-bond acceptors (Lipinski definition) is 2. The van der Waals surface area contributed by atoms with Gasteiger partial charge in [-0.25, -0.2) is 4.39 Å². The molecule has 1 aromatic heterocycles. The Morgan fingerprint density at radius 2 is 2.11 bits per heavy atom. The quantitative estimate of drug-likeness (QED) is 0.794. The fraction of sp³-hybridized carbons (Fsp3) is 0.333. The number of hydrogen-bond donors (Lipinski definition) is 1. The standard InChI is InChI=1S/C15H17BrFNS/c1-10(2)15(14-4-3-7-19-14)18-9-11-5-6-12(17)8-13(11)16/h3-8,10,15,18H,9H2,1-2H3. The van der Waals surface area contributed by atoms with Crippen LogP contribution >= 0.6 is 27.3 Å². The van der Waals surface area contributed by atoms with E-state index in [0.29, 0.717) is 12.0 Å². The van der Waals surface area contributed by atoms with Crippen LogP contribution in [0.15, 0.2) is 40.2 Å². The van der Waals surface area contributed by atoms with Crippen LogP contribution < -0.4 is 5.32 Å². The van der Waals surface area contributed by atoms with Gasteiger partial charge in [0.15, 0.2) is 0 Å². The molecule has 1 heterocycles. The second-order valence-electron chi connectivity index (χ2n) is 4.85. The summed E-state index contributed by atoms with van der Waals surface area (Å²) in [7, 11) is 0. The Bertz CT molecular complexity index is 525. The largest absolute Gasteiger partial charge is 0.305 e. The molecule has 2 rings (SSSR count). The van der Waals surface area contributed by atoms with E-state index in [2.05, 4.69) is 52.6 Å². The summed E-state index contributed by atoms with van der Waals surface area (Å²) in [5, 5.41) is 5.65. The first-order valence-electron chi connectivity index (χ1n) is 6.28. The molecule has 1 atom stereocenters. The molecule has 0 saturated heterocycles. The first-order chi connectivity index (χ1) is 9.08. The Hall–Kier alpha value is -0.710. The van der Waals surface area contributed by atoms with Crippen molar-refractivity contribution in [3.8, 4) is 0 Å². The molecule has 19 heavy (non-hydrogen) atoms. The van der Waals surface area contributed by atoms with Crippen molar-refractivity contribution in [3.05, 3.63) is 56.4 Å². The average Bonchev–Trinajstić information content (AvgIpc) is 2.85.